The summed E-state index contributed by atoms with van der Waals surface area (Å²) in [5, 5.41) is 13.5. The van der Waals surface area contributed by atoms with E-state index >= 15 is 0 Å². The highest BCUT2D eigenvalue weighted by molar-refractivity contribution is 7.15. The standard InChI is InChI=1S/C11H16N4OS/c1-2-9-13-14-11(17-9)12-7-6-10(16)15-5-3-4-8(7)15/h7-8H,2-6H2,1H3,(H,12,14). The van der Waals surface area contributed by atoms with Gasteiger partial charge in [0.05, 0.1) is 12.1 Å². The summed E-state index contributed by atoms with van der Waals surface area (Å²) in [6, 6.07) is 0.596. The molecule has 1 aromatic rings. The monoisotopic (exact) mass is 252 g/mol. The summed E-state index contributed by atoms with van der Waals surface area (Å²) >= 11 is 1.59. The molecule has 2 fully saturated rings. The SMILES string of the molecule is CCc1nnc(NC2CC(=O)N3CCCC23)s1. The van der Waals surface area contributed by atoms with Gasteiger partial charge in [0.2, 0.25) is 11.0 Å². The van der Waals surface area contributed by atoms with Crippen LogP contribution in [0.3, 0.4) is 0 Å². The van der Waals surface area contributed by atoms with Gasteiger partial charge in [-0.2, -0.15) is 0 Å². The molecule has 2 aliphatic heterocycles. The highest BCUT2D eigenvalue weighted by Gasteiger charge is 2.42. The predicted octanol–water partition coefficient (Wildman–Crippen LogP) is 1.28. The Labute approximate surface area is 104 Å². The number of nitrogens with zero attached hydrogens (tertiary/aromatic N) is 3. The fraction of sp³-hybridized carbons (Fsp3) is 0.727. The van der Waals surface area contributed by atoms with Crippen molar-refractivity contribution in [3.8, 4) is 0 Å². The summed E-state index contributed by atoms with van der Waals surface area (Å²) < 4.78 is 0. The lowest BCUT2D eigenvalue weighted by Crippen LogP contribution is -2.34. The molecule has 0 radical (unpaired) electrons. The van der Waals surface area contributed by atoms with Crippen molar-refractivity contribution in [2.75, 3.05) is 11.9 Å². The molecule has 1 N–H and O–H groups in total. The van der Waals surface area contributed by atoms with Gasteiger partial charge in [0.15, 0.2) is 0 Å². The smallest absolute Gasteiger partial charge is 0.225 e. The first kappa shape index (κ1) is 11.0. The summed E-state index contributed by atoms with van der Waals surface area (Å²) in [5.74, 6) is 0.283. The Morgan fingerprint density at radius 2 is 2.41 bits per heavy atom. The number of rotatable bonds is 3. The maximum absolute atomic E-state index is 11.8. The van der Waals surface area contributed by atoms with Crippen molar-refractivity contribution >= 4 is 22.4 Å². The molecule has 0 aromatic carbocycles. The molecule has 5 nitrogen and oxygen atoms in total. The van der Waals surface area contributed by atoms with E-state index in [0.29, 0.717) is 12.5 Å². The fourth-order valence-electron chi connectivity index (χ4n) is 2.72. The Balaban J connectivity index is 1.71. The van der Waals surface area contributed by atoms with E-state index in [-0.39, 0.29) is 11.9 Å². The Hall–Kier alpha value is -1.17. The molecule has 2 saturated heterocycles. The minimum absolute atomic E-state index is 0.225. The van der Waals surface area contributed by atoms with E-state index < -0.39 is 0 Å². The van der Waals surface area contributed by atoms with E-state index in [1.807, 2.05) is 4.90 Å². The average Bonchev–Trinajstić information content (AvgIpc) is 3.00. The molecule has 0 spiro atoms. The van der Waals surface area contributed by atoms with Crippen LogP contribution in [0.2, 0.25) is 0 Å². The van der Waals surface area contributed by atoms with Gasteiger partial charge in [0.1, 0.15) is 5.01 Å². The number of aryl methyl sites for hydroxylation is 1. The molecule has 17 heavy (non-hydrogen) atoms. The van der Waals surface area contributed by atoms with Gasteiger partial charge in [-0.05, 0) is 19.3 Å². The van der Waals surface area contributed by atoms with Crippen LogP contribution in [-0.4, -0.2) is 39.6 Å². The van der Waals surface area contributed by atoms with Crippen molar-refractivity contribution < 1.29 is 4.79 Å². The third kappa shape index (κ3) is 1.90. The highest BCUT2D eigenvalue weighted by Crippen LogP contribution is 2.31. The van der Waals surface area contributed by atoms with Gasteiger partial charge < -0.3 is 10.2 Å². The molecule has 92 valence electrons. The summed E-state index contributed by atoms with van der Waals surface area (Å²) in [6.07, 6.45) is 3.76. The third-order valence-corrected chi connectivity index (χ3v) is 4.56. The molecule has 6 heteroatoms. The second-order valence-electron chi connectivity index (χ2n) is 4.61. The molecule has 1 aromatic heterocycles. The molecule has 3 heterocycles. The molecule has 0 bridgehead atoms. The Kier molecular flexibility index (Phi) is 2.74. The van der Waals surface area contributed by atoms with Crippen molar-refractivity contribution in [1.29, 1.82) is 0 Å². The normalized spacial score (nSPS) is 27.6. The van der Waals surface area contributed by atoms with Crippen LogP contribution in [-0.2, 0) is 11.2 Å². The second kappa shape index (κ2) is 4.25. The number of anilines is 1. The van der Waals surface area contributed by atoms with Crippen LogP contribution >= 0.6 is 11.3 Å². The van der Waals surface area contributed by atoms with Gasteiger partial charge in [-0.25, -0.2) is 0 Å². The van der Waals surface area contributed by atoms with Gasteiger partial charge in [0.25, 0.3) is 0 Å². The van der Waals surface area contributed by atoms with Crippen molar-refractivity contribution in [3.05, 3.63) is 5.01 Å². The van der Waals surface area contributed by atoms with E-state index in [1.54, 1.807) is 11.3 Å². The van der Waals surface area contributed by atoms with Crippen molar-refractivity contribution in [1.82, 2.24) is 15.1 Å². The van der Waals surface area contributed by atoms with Gasteiger partial charge >= 0.3 is 0 Å². The molecular formula is C11H16N4OS. The lowest BCUT2D eigenvalue weighted by atomic mass is 10.1. The quantitative estimate of drug-likeness (QED) is 0.880. The summed E-state index contributed by atoms with van der Waals surface area (Å²) in [6.45, 7) is 3.00. The minimum Gasteiger partial charge on any atom is -0.355 e. The lowest BCUT2D eigenvalue weighted by molar-refractivity contribution is -0.127. The largest absolute Gasteiger partial charge is 0.355 e. The third-order valence-electron chi connectivity index (χ3n) is 3.56. The zero-order chi connectivity index (χ0) is 11.8. The van der Waals surface area contributed by atoms with Gasteiger partial charge in [-0.1, -0.05) is 18.3 Å². The zero-order valence-corrected chi connectivity index (χ0v) is 10.7. The van der Waals surface area contributed by atoms with Crippen LogP contribution in [0, 0.1) is 0 Å². The molecular weight excluding hydrogens is 236 g/mol. The average molecular weight is 252 g/mol. The molecule has 2 atom stereocenters. The molecule has 2 unspecified atom stereocenters. The van der Waals surface area contributed by atoms with E-state index in [1.165, 1.54) is 0 Å². The van der Waals surface area contributed by atoms with Crippen LogP contribution in [0.25, 0.3) is 0 Å². The first-order chi connectivity index (χ1) is 8.28. The van der Waals surface area contributed by atoms with Gasteiger partial charge in [-0.3, -0.25) is 4.79 Å². The molecule has 0 aliphatic carbocycles. The number of aromatic nitrogens is 2. The first-order valence-electron chi connectivity index (χ1n) is 6.16. The number of hydrogen-bond donors (Lipinski definition) is 1. The van der Waals surface area contributed by atoms with Crippen molar-refractivity contribution in [3.63, 3.8) is 0 Å². The topological polar surface area (TPSA) is 58.1 Å². The summed E-state index contributed by atoms with van der Waals surface area (Å²) in [7, 11) is 0. The van der Waals surface area contributed by atoms with Gasteiger partial charge in [-0.15, -0.1) is 10.2 Å². The molecule has 3 rings (SSSR count). The second-order valence-corrected chi connectivity index (χ2v) is 5.67. The molecule has 0 saturated carbocycles. The first-order valence-corrected chi connectivity index (χ1v) is 6.98. The number of fused-ring (bicyclic) bond motifs is 1. The Morgan fingerprint density at radius 1 is 1.53 bits per heavy atom. The molecule has 1 amide bonds. The number of nitrogens with one attached hydrogen (secondary N) is 1. The van der Waals surface area contributed by atoms with E-state index in [0.717, 1.165) is 35.9 Å². The van der Waals surface area contributed by atoms with Crippen LogP contribution in [0.4, 0.5) is 5.13 Å². The predicted molar refractivity (Wildman–Crippen MR) is 66.0 cm³/mol. The fourth-order valence-corrected chi connectivity index (χ4v) is 3.46. The van der Waals surface area contributed by atoms with E-state index in [4.69, 9.17) is 0 Å². The zero-order valence-electron chi connectivity index (χ0n) is 9.85. The van der Waals surface area contributed by atoms with Crippen LogP contribution in [0.15, 0.2) is 0 Å². The van der Waals surface area contributed by atoms with Crippen LogP contribution in [0.1, 0.15) is 31.2 Å². The maximum atomic E-state index is 11.8. The molecule has 2 aliphatic rings. The highest BCUT2D eigenvalue weighted by atomic mass is 32.1. The van der Waals surface area contributed by atoms with Gasteiger partial charge in [0, 0.05) is 13.0 Å². The van der Waals surface area contributed by atoms with Crippen LogP contribution in [0.5, 0.6) is 0 Å². The van der Waals surface area contributed by atoms with Crippen molar-refractivity contribution in [2.24, 2.45) is 0 Å². The van der Waals surface area contributed by atoms with Crippen LogP contribution < -0.4 is 5.32 Å². The lowest BCUT2D eigenvalue weighted by Gasteiger charge is -2.20. The number of hydrogen-bond acceptors (Lipinski definition) is 5. The van der Waals surface area contributed by atoms with Crippen molar-refractivity contribution in [2.45, 2.75) is 44.7 Å². The minimum atomic E-state index is 0.225. The maximum Gasteiger partial charge on any atom is 0.225 e. The number of carbonyl (C=O) groups is 1. The summed E-state index contributed by atoms with van der Waals surface area (Å²) in [5.41, 5.74) is 0. The number of amides is 1. The Morgan fingerprint density at radius 3 is 3.18 bits per heavy atom. The van der Waals surface area contributed by atoms with E-state index in [2.05, 4.69) is 22.4 Å². The van der Waals surface area contributed by atoms with E-state index in [9.17, 15) is 4.79 Å². The Bertz CT molecular complexity index is 433. The summed E-state index contributed by atoms with van der Waals surface area (Å²) in [4.78, 5) is 13.8. The number of carbonyl (C=O) groups excluding carboxylic acids is 1.